The molecule has 24 heavy (non-hydrogen) atoms. The van der Waals surface area contributed by atoms with Crippen molar-refractivity contribution in [3.05, 3.63) is 47.8 Å². The van der Waals surface area contributed by atoms with E-state index >= 15 is 0 Å². The lowest BCUT2D eigenvalue weighted by atomic mass is 9.98. The monoisotopic (exact) mass is 329 g/mol. The largest absolute Gasteiger partial charge is 0.481 e. The van der Waals surface area contributed by atoms with E-state index in [1.807, 2.05) is 17.6 Å². The van der Waals surface area contributed by atoms with Gasteiger partial charge >= 0.3 is 12.0 Å². The van der Waals surface area contributed by atoms with Crippen molar-refractivity contribution in [2.24, 2.45) is 0 Å². The average molecular weight is 329 g/mol. The van der Waals surface area contributed by atoms with Gasteiger partial charge in [-0.2, -0.15) is 0 Å². The first-order chi connectivity index (χ1) is 11.6. The number of amides is 2. The number of aromatic nitrogens is 3. The summed E-state index contributed by atoms with van der Waals surface area (Å²) in [7, 11) is 0. The van der Waals surface area contributed by atoms with Crippen LogP contribution in [0, 0.1) is 0 Å². The number of rotatable bonds is 4. The van der Waals surface area contributed by atoms with E-state index in [0.717, 1.165) is 5.56 Å². The normalized spacial score (nSPS) is 16.5. The number of imidazole rings is 1. The molecule has 0 spiro atoms. The van der Waals surface area contributed by atoms with Crippen LogP contribution in [0.2, 0.25) is 0 Å². The Bertz CT molecular complexity index is 743. The van der Waals surface area contributed by atoms with Crippen molar-refractivity contribution < 1.29 is 14.7 Å². The zero-order valence-electron chi connectivity index (χ0n) is 13.3. The summed E-state index contributed by atoms with van der Waals surface area (Å²) in [5.41, 5.74) is 2.22. The van der Waals surface area contributed by atoms with Crippen LogP contribution in [-0.2, 0) is 24.4 Å². The Hall–Kier alpha value is -2.90. The second-order valence-corrected chi connectivity index (χ2v) is 5.65. The Kier molecular flexibility index (Phi) is 4.45. The molecule has 0 saturated heterocycles. The molecule has 1 atom stereocenters. The molecule has 3 rings (SSSR count). The van der Waals surface area contributed by atoms with E-state index in [1.54, 1.807) is 24.8 Å². The first-order valence-electron chi connectivity index (χ1n) is 7.78. The number of aliphatic carboxylic acids is 1. The van der Waals surface area contributed by atoms with Gasteiger partial charge in [0.05, 0.1) is 24.3 Å². The number of carbonyl (C=O) groups excluding carboxylic acids is 1. The Morgan fingerprint density at radius 1 is 1.46 bits per heavy atom. The highest BCUT2D eigenvalue weighted by Crippen LogP contribution is 2.28. The summed E-state index contributed by atoms with van der Waals surface area (Å²) in [6, 6.07) is 3.36. The Morgan fingerprint density at radius 2 is 2.29 bits per heavy atom. The number of urea groups is 1. The van der Waals surface area contributed by atoms with Crippen molar-refractivity contribution in [1.29, 1.82) is 0 Å². The summed E-state index contributed by atoms with van der Waals surface area (Å²) in [5.74, 6) is -1.71. The van der Waals surface area contributed by atoms with Gasteiger partial charge in [0.15, 0.2) is 0 Å². The van der Waals surface area contributed by atoms with Crippen LogP contribution in [0.4, 0.5) is 4.79 Å². The highest BCUT2D eigenvalue weighted by atomic mass is 16.4. The van der Waals surface area contributed by atoms with Crippen LogP contribution < -0.4 is 5.32 Å². The summed E-state index contributed by atoms with van der Waals surface area (Å²) in [6.07, 6.45) is 4.98. The fourth-order valence-corrected chi connectivity index (χ4v) is 2.90. The molecule has 1 unspecified atom stereocenters. The lowest BCUT2D eigenvalue weighted by molar-refractivity contribution is -0.139. The standard InChI is InChI=1S/C16H19N5O3/c1-2-20-10-19-13-9-21(8-12(14(13)20)15(22)23)16(24)18-7-11-4-3-5-17-6-11/h3-6,10,12H,2,7-9H2,1H3,(H,18,24)(H,22,23). The summed E-state index contributed by atoms with van der Waals surface area (Å²) >= 11 is 0. The molecule has 0 saturated carbocycles. The van der Waals surface area contributed by atoms with Crippen LogP contribution >= 0.6 is 0 Å². The third-order valence-corrected chi connectivity index (χ3v) is 4.12. The molecule has 3 heterocycles. The third-order valence-electron chi connectivity index (χ3n) is 4.12. The van der Waals surface area contributed by atoms with Crippen molar-refractivity contribution in [3.63, 3.8) is 0 Å². The first-order valence-corrected chi connectivity index (χ1v) is 7.78. The van der Waals surface area contributed by atoms with Gasteiger partial charge in [-0.1, -0.05) is 6.07 Å². The Labute approximate surface area is 139 Å². The minimum atomic E-state index is -0.948. The van der Waals surface area contributed by atoms with E-state index in [9.17, 15) is 14.7 Å². The summed E-state index contributed by atoms with van der Waals surface area (Å²) < 4.78 is 1.83. The molecular formula is C16H19N5O3. The fraction of sp³-hybridized carbons (Fsp3) is 0.375. The fourth-order valence-electron chi connectivity index (χ4n) is 2.90. The first kappa shape index (κ1) is 16.0. The van der Waals surface area contributed by atoms with Crippen LogP contribution in [0.5, 0.6) is 0 Å². The number of aryl methyl sites for hydroxylation is 1. The Morgan fingerprint density at radius 3 is 2.96 bits per heavy atom. The zero-order chi connectivity index (χ0) is 17.1. The average Bonchev–Trinajstić information content (AvgIpc) is 3.02. The van der Waals surface area contributed by atoms with Gasteiger partial charge < -0.3 is 19.9 Å². The van der Waals surface area contributed by atoms with Gasteiger partial charge in [-0.05, 0) is 18.6 Å². The number of carboxylic acid groups (broad SMARTS) is 1. The van der Waals surface area contributed by atoms with Gasteiger partial charge in [-0.3, -0.25) is 9.78 Å². The molecular weight excluding hydrogens is 310 g/mol. The number of fused-ring (bicyclic) bond motifs is 1. The number of nitrogens with zero attached hydrogens (tertiary/aromatic N) is 4. The highest BCUT2D eigenvalue weighted by Gasteiger charge is 2.35. The number of carbonyl (C=O) groups is 2. The molecule has 126 valence electrons. The quantitative estimate of drug-likeness (QED) is 0.877. The molecule has 8 nitrogen and oxygen atoms in total. The maximum Gasteiger partial charge on any atom is 0.318 e. The van der Waals surface area contributed by atoms with Gasteiger partial charge in [-0.15, -0.1) is 0 Å². The van der Waals surface area contributed by atoms with Gasteiger partial charge in [0.2, 0.25) is 0 Å². The van der Waals surface area contributed by atoms with E-state index in [1.165, 1.54) is 4.90 Å². The predicted molar refractivity (Wildman–Crippen MR) is 85.2 cm³/mol. The maximum absolute atomic E-state index is 12.4. The molecule has 2 amide bonds. The van der Waals surface area contributed by atoms with Crippen molar-refractivity contribution in [3.8, 4) is 0 Å². The van der Waals surface area contributed by atoms with Crippen molar-refractivity contribution >= 4 is 12.0 Å². The van der Waals surface area contributed by atoms with E-state index < -0.39 is 11.9 Å². The molecule has 1 aliphatic heterocycles. The second-order valence-electron chi connectivity index (χ2n) is 5.65. The van der Waals surface area contributed by atoms with E-state index in [0.29, 0.717) is 31.0 Å². The van der Waals surface area contributed by atoms with Gasteiger partial charge in [0.1, 0.15) is 5.92 Å². The number of pyridine rings is 1. The Balaban J connectivity index is 1.73. The second kappa shape index (κ2) is 6.69. The van der Waals surface area contributed by atoms with E-state index in [4.69, 9.17) is 0 Å². The molecule has 2 N–H and O–H groups in total. The maximum atomic E-state index is 12.4. The number of nitrogens with one attached hydrogen (secondary N) is 1. The molecule has 0 fully saturated rings. The van der Waals surface area contributed by atoms with Crippen molar-refractivity contribution in [2.75, 3.05) is 6.54 Å². The van der Waals surface area contributed by atoms with Crippen molar-refractivity contribution in [1.82, 2.24) is 24.8 Å². The van der Waals surface area contributed by atoms with Crippen LogP contribution in [0.3, 0.4) is 0 Å². The topological polar surface area (TPSA) is 100 Å². The van der Waals surface area contributed by atoms with Crippen LogP contribution in [0.1, 0.15) is 29.8 Å². The number of hydrogen-bond donors (Lipinski definition) is 2. The predicted octanol–water partition coefficient (Wildman–Crippen LogP) is 1.19. The lowest BCUT2D eigenvalue weighted by Crippen LogP contribution is -2.45. The van der Waals surface area contributed by atoms with E-state index in [2.05, 4.69) is 15.3 Å². The van der Waals surface area contributed by atoms with Crippen LogP contribution in [0.25, 0.3) is 0 Å². The minimum Gasteiger partial charge on any atom is -0.481 e. The molecule has 2 aromatic rings. The molecule has 1 aliphatic rings. The van der Waals surface area contributed by atoms with Crippen LogP contribution in [-0.4, -0.2) is 43.1 Å². The molecule has 0 aromatic carbocycles. The summed E-state index contributed by atoms with van der Waals surface area (Å²) in [6.45, 7) is 3.38. The zero-order valence-corrected chi connectivity index (χ0v) is 13.3. The smallest absolute Gasteiger partial charge is 0.318 e. The molecule has 0 bridgehead atoms. The SMILES string of the molecule is CCn1cnc2c1C(C(=O)O)CN(C(=O)NCc1cccnc1)C2. The number of carboxylic acids is 1. The van der Waals surface area contributed by atoms with Gasteiger partial charge in [0, 0.05) is 32.0 Å². The van der Waals surface area contributed by atoms with Crippen molar-refractivity contribution in [2.45, 2.75) is 32.5 Å². The molecule has 0 aliphatic carbocycles. The highest BCUT2D eigenvalue weighted by molar-refractivity contribution is 5.80. The molecule has 8 heteroatoms. The number of hydrogen-bond acceptors (Lipinski definition) is 4. The third kappa shape index (κ3) is 3.08. The minimum absolute atomic E-state index is 0.132. The molecule has 0 radical (unpaired) electrons. The van der Waals surface area contributed by atoms with E-state index in [-0.39, 0.29) is 12.6 Å². The van der Waals surface area contributed by atoms with Crippen LogP contribution in [0.15, 0.2) is 30.9 Å². The summed E-state index contributed by atoms with van der Waals surface area (Å²) in [5, 5.41) is 12.3. The van der Waals surface area contributed by atoms with Gasteiger partial charge in [0.25, 0.3) is 0 Å². The molecule has 2 aromatic heterocycles. The van der Waals surface area contributed by atoms with Gasteiger partial charge in [-0.25, -0.2) is 9.78 Å². The lowest BCUT2D eigenvalue weighted by Gasteiger charge is -2.31. The summed E-state index contributed by atoms with van der Waals surface area (Å²) in [4.78, 5) is 33.8.